The van der Waals surface area contributed by atoms with E-state index in [1.807, 2.05) is 30.3 Å². The van der Waals surface area contributed by atoms with E-state index in [0.29, 0.717) is 12.1 Å². The fraction of sp³-hybridized carbons (Fsp3) is 0.355. The Balaban J connectivity index is 1.44. The van der Waals surface area contributed by atoms with E-state index < -0.39 is 87.3 Å². The first-order chi connectivity index (χ1) is 20.8. The van der Waals surface area contributed by atoms with Crippen molar-refractivity contribution in [2.45, 2.75) is 52.8 Å². The van der Waals surface area contributed by atoms with E-state index in [1.165, 1.54) is 0 Å². The molecule has 0 radical (unpaired) electrons. The van der Waals surface area contributed by atoms with Crippen LogP contribution in [0.2, 0.25) is 0 Å². The summed E-state index contributed by atoms with van der Waals surface area (Å²) >= 11 is 0. The maximum Gasteiger partial charge on any atom is 0.416 e. The predicted molar refractivity (Wildman–Crippen MR) is 153 cm³/mol. The summed E-state index contributed by atoms with van der Waals surface area (Å²) in [5.41, 5.74) is -0.714. The highest BCUT2D eigenvalue weighted by atomic mass is 32.2. The maximum atomic E-state index is 15.7. The second-order valence-corrected chi connectivity index (χ2v) is 15.6. The van der Waals surface area contributed by atoms with Gasteiger partial charge in [-0.15, -0.1) is 0 Å². The van der Waals surface area contributed by atoms with Crippen LogP contribution < -0.4 is 9.46 Å². The molecule has 5 atom stereocenters. The molecule has 13 heteroatoms. The molecular formula is C31H28F5NO5S2. The highest BCUT2D eigenvalue weighted by Crippen LogP contribution is 2.59. The summed E-state index contributed by atoms with van der Waals surface area (Å²) in [4.78, 5) is -0.482. The van der Waals surface area contributed by atoms with Gasteiger partial charge in [-0.05, 0) is 73.6 Å². The molecule has 1 saturated carbocycles. The average molecular weight is 654 g/mol. The molecule has 0 amide bonds. The van der Waals surface area contributed by atoms with E-state index >= 15 is 8.78 Å². The molecule has 3 aromatic rings. The van der Waals surface area contributed by atoms with Crippen molar-refractivity contribution in [1.29, 1.82) is 0 Å². The van der Waals surface area contributed by atoms with Crippen LogP contribution in [0.4, 0.5) is 22.0 Å². The third kappa shape index (κ3) is 5.02. The SMILES string of the molecule is O=S1(=O)N[C@@H]2CC[C@@]3(S(=O)(=O)c4ccc(C(F)(F)F)cc4)c4c(F)ccc(F)c4OC[C@H]3[C@@H]2CC1C/C=C/c1ccccc1. The molecule has 6 rings (SSSR count). The molecule has 3 aliphatic rings. The number of alkyl halides is 3. The van der Waals surface area contributed by atoms with Crippen molar-refractivity contribution >= 4 is 25.9 Å². The molecule has 6 nitrogen and oxygen atoms in total. The van der Waals surface area contributed by atoms with Gasteiger partial charge in [0.1, 0.15) is 10.6 Å². The van der Waals surface area contributed by atoms with E-state index in [-0.39, 0.29) is 32.3 Å². The lowest BCUT2D eigenvalue weighted by atomic mass is 9.64. The first-order valence-corrected chi connectivity index (χ1v) is 17.0. The summed E-state index contributed by atoms with van der Waals surface area (Å²) in [6, 6.07) is 13.1. The average Bonchev–Trinajstić information content (AvgIpc) is 2.98. The van der Waals surface area contributed by atoms with Crippen molar-refractivity contribution < 1.29 is 43.5 Å². The van der Waals surface area contributed by atoms with Crippen molar-refractivity contribution in [2.75, 3.05) is 6.61 Å². The van der Waals surface area contributed by atoms with E-state index in [0.717, 1.165) is 29.8 Å². The molecule has 2 heterocycles. The number of nitrogens with one attached hydrogen (secondary N) is 1. The van der Waals surface area contributed by atoms with Crippen LogP contribution in [0.3, 0.4) is 0 Å². The van der Waals surface area contributed by atoms with E-state index in [1.54, 1.807) is 12.2 Å². The van der Waals surface area contributed by atoms with Crippen LogP contribution in [0.25, 0.3) is 6.08 Å². The Hall–Kier alpha value is -3.29. The first-order valence-electron chi connectivity index (χ1n) is 14.0. The van der Waals surface area contributed by atoms with Crippen LogP contribution >= 0.6 is 0 Å². The van der Waals surface area contributed by atoms with Gasteiger partial charge in [-0.1, -0.05) is 42.5 Å². The van der Waals surface area contributed by atoms with Gasteiger partial charge in [-0.25, -0.2) is 30.3 Å². The molecule has 44 heavy (non-hydrogen) atoms. The van der Waals surface area contributed by atoms with Crippen molar-refractivity contribution in [2.24, 2.45) is 11.8 Å². The fourth-order valence-corrected chi connectivity index (χ4v) is 11.2. The first kappa shape index (κ1) is 30.7. The number of halogens is 5. The van der Waals surface area contributed by atoms with Gasteiger partial charge in [0, 0.05) is 12.0 Å². The quantitative estimate of drug-likeness (QED) is 0.330. The van der Waals surface area contributed by atoms with Gasteiger partial charge in [0.15, 0.2) is 21.4 Å². The Morgan fingerprint density at radius 2 is 1.66 bits per heavy atom. The molecule has 1 unspecified atom stereocenters. The van der Waals surface area contributed by atoms with Crippen LogP contribution in [0.1, 0.15) is 42.4 Å². The zero-order valence-electron chi connectivity index (χ0n) is 23.1. The molecule has 0 aromatic heterocycles. The molecule has 1 aliphatic carbocycles. The molecule has 0 bridgehead atoms. The van der Waals surface area contributed by atoms with Crippen molar-refractivity contribution in [3.63, 3.8) is 0 Å². The number of hydrogen-bond donors (Lipinski definition) is 1. The summed E-state index contributed by atoms with van der Waals surface area (Å²) in [7, 11) is -8.51. The van der Waals surface area contributed by atoms with Crippen LogP contribution in [-0.2, 0) is 30.8 Å². The summed E-state index contributed by atoms with van der Waals surface area (Å²) in [5, 5.41) is -0.952. The van der Waals surface area contributed by atoms with E-state index in [4.69, 9.17) is 4.74 Å². The van der Waals surface area contributed by atoms with Crippen LogP contribution in [0.15, 0.2) is 77.7 Å². The second-order valence-electron chi connectivity index (χ2n) is 11.4. The molecule has 234 valence electrons. The van der Waals surface area contributed by atoms with Gasteiger partial charge in [-0.2, -0.15) is 13.2 Å². The second kappa shape index (κ2) is 11.0. The monoisotopic (exact) mass is 653 g/mol. The molecule has 1 N–H and O–H groups in total. The molecule has 3 aromatic carbocycles. The predicted octanol–water partition coefficient (Wildman–Crippen LogP) is 6.24. The Morgan fingerprint density at radius 1 is 0.977 bits per heavy atom. The normalized spacial score (nSPS) is 28.0. The van der Waals surface area contributed by atoms with Crippen molar-refractivity contribution in [3.05, 3.63) is 101 Å². The number of allylic oxidation sites excluding steroid dienone is 1. The largest absolute Gasteiger partial charge is 0.490 e. The number of hydrogen-bond acceptors (Lipinski definition) is 5. The fourth-order valence-electron chi connectivity index (χ4n) is 7.06. The number of sulfone groups is 1. The minimum absolute atomic E-state index is 0.0176. The lowest BCUT2D eigenvalue weighted by Gasteiger charge is -2.54. The Labute approximate surface area is 251 Å². The molecule has 2 aliphatic heterocycles. The third-order valence-electron chi connectivity index (χ3n) is 9.12. The molecule has 2 fully saturated rings. The van der Waals surface area contributed by atoms with Crippen molar-refractivity contribution in [1.82, 2.24) is 4.72 Å². The Kier molecular flexibility index (Phi) is 7.65. The summed E-state index contributed by atoms with van der Waals surface area (Å²) < 4.78 is 132. The third-order valence-corrected chi connectivity index (χ3v) is 13.6. The van der Waals surface area contributed by atoms with E-state index in [9.17, 15) is 30.0 Å². The summed E-state index contributed by atoms with van der Waals surface area (Å²) in [6.45, 7) is -0.358. The zero-order chi connectivity index (χ0) is 31.5. The van der Waals surface area contributed by atoms with Gasteiger partial charge in [-0.3, -0.25) is 0 Å². The molecule has 1 saturated heterocycles. The van der Waals surface area contributed by atoms with Gasteiger partial charge >= 0.3 is 6.18 Å². The van der Waals surface area contributed by atoms with E-state index in [2.05, 4.69) is 4.72 Å². The lowest BCUT2D eigenvalue weighted by molar-refractivity contribution is -0.137. The standard InChI is InChI=1S/C31H28F5NO5S2/c32-25-13-14-26(33)29-28(25)30(43(38,39)21-11-9-20(10-12-21)31(34,35)36)16-15-27-23(24(30)18-42-29)17-22(44(40,41)37-27)8-4-7-19-5-2-1-3-6-19/h1-7,9-14,22-24,27,37H,8,15-18H2/b7-4+/t22?,23-,24-,27+,30-/m0/s1. The molecular weight excluding hydrogens is 625 g/mol. The number of benzene rings is 3. The Morgan fingerprint density at radius 3 is 2.34 bits per heavy atom. The van der Waals surface area contributed by atoms with Crippen molar-refractivity contribution in [3.8, 4) is 5.75 Å². The zero-order valence-corrected chi connectivity index (χ0v) is 24.7. The highest BCUT2D eigenvalue weighted by Gasteiger charge is 2.64. The maximum absolute atomic E-state index is 15.7. The van der Waals surface area contributed by atoms with Crippen LogP contribution in [-0.4, -0.2) is 34.7 Å². The topological polar surface area (TPSA) is 89.5 Å². The minimum atomic E-state index is -4.72. The lowest BCUT2D eigenvalue weighted by Crippen LogP contribution is -2.63. The van der Waals surface area contributed by atoms with Crippen LogP contribution in [0, 0.1) is 23.5 Å². The summed E-state index contributed by atoms with van der Waals surface area (Å²) in [5.74, 6) is -4.27. The number of rotatable bonds is 5. The van der Waals surface area contributed by atoms with Gasteiger partial charge < -0.3 is 4.74 Å². The Bertz CT molecular complexity index is 1810. The van der Waals surface area contributed by atoms with Gasteiger partial charge in [0.25, 0.3) is 0 Å². The smallest absolute Gasteiger partial charge is 0.416 e. The number of fused-ring (bicyclic) bond motifs is 5. The number of sulfonamides is 1. The van der Waals surface area contributed by atoms with Gasteiger partial charge in [0.2, 0.25) is 10.0 Å². The van der Waals surface area contributed by atoms with Gasteiger partial charge in [0.05, 0.1) is 27.9 Å². The highest BCUT2D eigenvalue weighted by molar-refractivity contribution is 7.92. The number of ether oxygens (including phenoxy) is 1. The molecule has 0 spiro atoms. The summed E-state index contributed by atoms with van der Waals surface area (Å²) in [6.07, 6.45) is -1.42. The van der Waals surface area contributed by atoms with Crippen LogP contribution in [0.5, 0.6) is 5.75 Å². The minimum Gasteiger partial charge on any atom is -0.490 e.